The van der Waals surface area contributed by atoms with Gasteiger partial charge in [0.05, 0.1) is 20.3 Å². The Morgan fingerprint density at radius 2 is 1.89 bits per heavy atom. The second-order valence-corrected chi connectivity index (χ2v) is 6.34. The molecule has 1 aliphatic rings. The first-order valence-electron chi connectivity index (χ1n) is 9.03. The number of rotatable bonds is 8. The minimum atomic E-state index is -0.126. The molecule has 1 amide bonds. The molecule has 1 saturated heterocycles. The number of nitrogens with one attached hydrogen (secondary N) is 1. The van der Waals surface area contributed by atoms with Gasteiger partial charge in [-0.15, -0.1) is 0 Å². The molecule has 0 aromatic heterocycles. The molecule has 6 nitrogen and oxygen atoms in total. The fraction of sp³-hybridized carbons (Fsp3) is 0.381. The summed E-state index contributed by atoms with van der Waals surface area (Å²) in [5.74, 6) is 2.04. The average molecular weight is 371 g/mol. The molecule has 1 heterocycles. The van der Waals surface area contributed by atoms with Crippen molar-refractivity contribution in [3.8, 4) is 17.2 Å². The van der Waals surface area contributed by atoms with E-state index in [1.165, 1.54) is 0 Å². The van der Waals surface area contributed by atoms with Crippen molar-refractivity contribution in [1.82, 2.24) is 5.32 Å². The maximum absolute atomic E-state index is 12.4. The summed E-state index contributed by atoms with van der Waals surface area (Å²) in [7, 11) is 3.22. The van der Waals surface area contributed by atoms with E-state index in [2.05, 4.69) is 5.32 Å². The van der Waals surface area contributed by atoms with Crippen molar-refractivity contribution < 1.29 is 23.7 Å². The highest BCUT2D eigenvalue weighted by Crippen LogP contribution is 2.23. The smallest absolute Gasteiger partial charge is 0.251 e. The lowest BCUT2D eigenvalue weighted by Gasteiger charge is -2.14. The van der Waals surface area contributed by atoms with Gasteiger partial charge in [-0.1, -0.05) is 0 Å². The maximum Gasteiger partial charge on any atom is 0.251 e. The van der Waals surface area contributed by atoms with Crippen LogP contribution in [0.25, 0.3) is 0 Å². The second kappa shape index (κ2) is 9.28. The van der Waals surface area contributed by atoms with Crippen molar-refractivity contribution in [3.63, 3.8) is 0 Å². The average Bonchev–Trinajstić information content (AvgIpc) is 3.24. The fourth-order valence-corrected chi connectivity index (χ4v) is 2.98. The van der Waals surface area contributed by atoms with Gasteiger partial charge in [-0.3, -0.25) is 4.79 Å². The molecule has 1 N–H and O–H groups in total. The minimum absolute atomic E-state index is 0.116. The molecule has 2 aromatic rings. The minimum Gasteiger partial charge on any atom is -0.497 e. The zero-order valence-corrected chi connectivity index (χ0v) is 15.7. The summed E-state index contributed by atoms with van der Waals surface area (Å²) in [6.45, 7) is 1.60. The molecule has 3 rings (SSSR count). The maximum atomic E-state index is 12.4. The zero-order chi connectivity index (χ0) is 19.1. The monoisotopic (exact) mass is 371 g/mol. The fourth-order valence-electron chi connectivity index (χ4n) is 2.98. The quantitative estimate of drug-likeness (QED) is 0.772. The van der Waals surface area contributed by atoms with Gasteiger partial charge in [0.1, 0.15) is 23.9 Å². The molecule has 0 saturated carbocycles. The van der Waals surface area contributed by atoms with Crippen LogP contribution >= 0.6 is 0 Å². The van der Waals surface area contributed by atoms with Gasteiger partial charge < -0.3 is 24.3 Å². The zero-order valence-electron chi connectivity index (χ0n) is 15.7. The molecular weight excluding hydrogens is 346 g/mol. The summed E-state index contributed by atoms with van der Waals surface area (Å²) < 4.78 is 21.9. The lowest BCUT2D eigenvalue weighted by molar-refractivity contribution is 0.0857. The van der Waals surface area contributed by atoms with Gasteiger partial charge in [-0.2, -0.15) is 0 Å². The molecule has 1 atom stereocenters. The standard InChI is InChI=1S/C21H25NO5/c1-24-17-6-8-18(9-7-17)27-14-16-12-15(5-10-20(16)25-2)21(23)22-13-19-4-3-11-26-19/h5-10,12,19H,3-4,11,13-14H2,1-2H3,(H,22,23)/t19-/m0/s1. The van der Waals surface area contributed by atoms with Crippen molar-refractivity contribution in [1.29, 1.82) is 0 Å². The largest absolute Gasteiger partial charge is 0.497 e. The molecule has 0 spiro atoms. The first-order chi connectivity index (χ1) is 13.2. The van der Waals surface area contributed by atoms with Crippen molar-refractivity contribution >= 4 is 5.91 Å². The Kier molecular flexibility index (Phi) is 6.54. The van der Waals surface area contributed by atoms with Crippen molar-refractivity contribution in [3.05, 3.63) is 53.6 Å². The van der Waals surface area contributed by atoms with Crippen LogP contribution in [-0.4, -0.2) is 39.4 Å². The van der Waals surface area contributed by atoms with E-state index in [0.717, 1.165) is 30.8 Å². The first-order valence-corrected chi connectivity index (χ1v) is 9.03. The topological polar surface area (TPSA) is 66.0 Å². The van der Waals surface area contributed by atoms with Gasteiger partial charge in [-0.25, -0.2) is 0 Å². The van der Waals surface area contributed by atoms with E-state index >= 15 is 0 Å². The molecule has 0 unspecified atom stereocenters. The Labute approximate surface area is 159 Å². The Hall–Kier alpha value is -2.73. The van der Waals surface area contributed by atoms with Crippen molar-refractivity contribution in [2.24, 2.45) is 0 Å². The third-order valence-electron chi connectivity index (χ3n) is 4.51. The Morgan fingerprint density at radius 3 is 2.56 bits per heavy atom. The Bertz CT molecular complexity index is 754. The number of hydrogen-bond acceptors (Lipinski definition) is 5. The highest BCUT2D eigenvalue weighted by atomic mass is 16.5. The number of hydrogen-bond donors (Lipinski definition) is 1. The highest BCUT2D eigenvalue weighted by molar-refractivity contribution is 5.94. The van der Waals surface area contributed by atoms with Crippen LogP contribution in [0.4, 0.5) is 0 Å². The van der Waals surface area contributed by atoms with Crippen LogP contribution in [0.2, 0.25) is 0 Å². The number of carbonyl (C=O) groups is 1. The summed E-state index contributed by atoms with van der Waals surface area (Å²) in [6.07, 6.45) is 2.16. The van der Waals surface area contributed by atoms with Crippen LogP contribution in [0.5, 0.6) is 17.2 Å². The van der Waals surface area contributed by atoms with Crippen LogP contribution in [0.1, 0.15) is 28.8 Å². The molecule has 0 bridgehead atoms. The van der Waals surface area contributed by atoms with Gasteiger partial charge in [0.2, 0.25) is 0 Å². The lowest BCUT2D eigenvalue weighted by Crippen LogP contribution is -2.31. The van der Waals surface area contributed by atoms with E-state index in [4.69, 9.17) is 18.9 Å². The number of benzene rings is 2. The van der Waals surface area contributed by atoms with Crippen LogP contribution in [0.3, 0.4) is 0 Å². The molecule has 144 valence electrons. The molecular formula is C21H25NO5. The number of amides is 1. The Morgan fingerprint density at radius 1 is 1.11 bits per heavy atom. The van der Waals surface area contributed by atoms with Gasteiger partial charge in [0.15, 0.2) is 0 Å². The molecule has 0 radical (unpaired) electrons. The van der Waals surface area contributed by atoms with Gasteiger partial charge in [-0.05, 0) is 55.3 Å². The van der Waals surface area contributed by atoms with Crippen molar-refractivity contribution in [2.45, 2.75) is 25.6 Å². The van der Waals surface area contributed by atoms with E-state index in [-0.39, 0.29) is 12.0 Å². The van der Waals surface area contributed by atoms with Crippen LogP contribution < -0.4 is 19.5 Å². The van der Waals surface area contributed by atoms with E-state index < -0.39 is 0 Å². The van der Waals surface area contributed by atoms with E-state index in [9.17, 15) is 4.79 Å². The molecule has 0 aliphatic carbocycles. The van der Waals surface area contributed by atoms with E-state index in [1.807, 2.05) is 24.3 Å². The summed E-state index contributed by atoms with van der Waals surface area (Å²) in [5, 5.41) is 2.93. The predicted octanol–water partition coefficient (Wildman–Crippen LogP) is 3.19. The second-order valence-electron chi connectivity index (χ2n) is 6.34. The summed E-state index contributed by atoms with van der Waals surface area (Å²) in [4.78, 5) is 12.4. The molecule has 2 aromatic carbocycles. The lowest BCUT2D eigenvalue weighted by atomic mass is 10.1. The number of ether oxygens (including phenoxy) is 4. The third-order valence-corrected chi connectivity index (χ3v) is 4.51. The van der Waals surface area contributed by atoms with E-state index in [0.29, 0.717) is 30.2 Å². The third kappa shape index (κ3) is 5.14. The summed E-state index contributed by atoms with van der Waals surface area (Å²) in [5.41, 5.74) is 1.38. The van der Waals surface area contributed by atoms with Gasteiger partial charge >= 0.3 is 0 Å². The normalized spacial score (nSPS) is 16.0. The van der Waals surface area contributed by atoms with Gasteiger partial charge in [0.25, 0.3) is 5.91 Å². The summed E-state index contributed by atoms with van der Waals surface area (Å²) >= 11 is 0. The molecule has 27 heavy (non-hydrogen) atoms. The van der Waals surface area contributed by atoms with Crippen LogP contribution in [0, 0.1) is 0 Å². The SMILES string of the molecule is COc1ccc(OCc2cc(C(=O)NC[C@@H]3CCCO3)ccc2OC)cc1. The Balaban J connectivity index is 1.63. The van der Waals surface area contributed by atoms with Gasteiger partial charge in [0, 0.05) is 24.3 Å². The van der Waals surface area contributed by atoms with E-state index in [1.54, 1.807) is 32.4 Å². The number of carbonyl (C=O) groups excluding carboxylic acids is 1. The molecule has 1 aliphatic heterocycles. The van der Waals surface area contributed by atoms with Crippen LogP contribution in [-0.2, 0) is 11.3 Å². The van der Waals surface area contributed by atoms with Crippen molar-refractivity contribution in [2.75, 3.05) is 27.4 Å². The first kappa shape index (κ1) is 19.0. The highest BCUT2D eigenvalue weighted by Gasteiger charge is 2.17. The number of methoxy groups -OCH3 is 2. The molecule has 1 fully saturated rings. The van der Waals surface area contributed by atoms with Crippen LogP contribution in [0.15, 0.2) is 42.5 Å². The molecule has 6 heteroatoms. The summed E-state index contributed by atoms with van der Waals surface area (Å²) in [6, 6.07) is 12.7. The predicted molar refractivity (Wildman–Crippen MR) is 102 cm³/mol.